The predicted octanol–water partition coefficient (Wildman–Crippen LogP) is 3.02. The highest BCUT2D eigenvalue weighted by Crippen LogP contribution is 2.29. The molecule has 0 unspecified atom stereocenters. The van der Waals surface area contributed by atoms with E-state index >= 15 is 0 Å². The van der Waals surface area contributed by atoms with Crippen LogP contribution in [0.25, 0.3) is 10.2 Å². The van der Waals surface area contributed by atoms with E-state index in [2.05, 4.69) is 11.1 Å². The van der Waals surface area contributed by atoms with Gasteiger partial charge in [-0.1, -0.05) is 35.7 Å². The lowest BCUT2D eigenvalue weighted by molar-refractivity contribution is 1.30. The molecule has 16 heavy (non-hydrogen) atoms. The highest BCUT2D eigenvalue weighted by molar-refractivity contribution is 8.14. The fraction of sp³-hybridized carbons (Fsp3) is 0.200. The SMILES string of the molecule is N=C(N)SCCSc1nc2ccccc2s1. The summed E-state index contributed by atoms with van der Waals surface area (Å²) in [6, 6.07) is 8.14. The Morgan fingerprint density at radius 3 is 2.94 bits per heavy atom. The van der Waals surface area contributed by atoms with Crippen molar-refractivity contribution in [2.24, 2.45) is 5.73 Å². The van der Waals surface area contributed by atoms with E-state index in [1.807, 2.05) is 18.2 Å². The minimum atomic E-state index is 0.185. The number of hydrogen-bond donors (Lipinski definition) is 2. The van der Waals surface area contributed by atoms with Crippen LogP contribution in [0.15, 0.2) is 28.6 Å². The number of fused-ring (bicyclic) bond motifs is 1. The quantitative estimate of drug-likeness (QED) is 0.387. The number of rotatable bonds is 4. The molecule has 0 aliphatic heterocycles. The molecule has 0 fully saturated rings. The van der Waals surface area contributed by atoms with Crippen LogP contribution in [0.5, 0.6) is 0 Å². The van der Waals surface area contributed by atoms with Gasteiger partial charge in [0.05, 0.1) is 10.2 Å². The van der Waals surface area contributed by atoms with Crippen molar-refractivity contribution in [3.05, 3.63) is 24.3 Å². The topological polar surface area (TPSA) is 62.8 Å². The van der Waals surface area contributed by atoms with Crippen LogP contribution in [0.4, 0.5) is 0 Å². The van der Waals surface area contributed by atoms with E-state index in [-0.39, 0.29) is 5.17 Å². The number of thiazole rings is 1. The lowest BCUT2D eigenvalue weighted by Crippen LogP contribution is -2.05. The van der Waals surface area contributed by atoms with Crippen LogP contribution in [0.2, 0.25) is 0 Å². The minimum absolute atomic E-state index is 0.185. The van der Waals surface area contributed by atoms with Crippen molar-refractivity contribution in [1.29, 1.82) is 5.41 Å². The van der Waals surface area contributed by atoms with Crippen LogP contribution in [0.1, 0.15) is 0 Å². The van der Waals surface area contributed by atoms with Crippen molar-refractivity contribution in [3.8, 4) is 0 Å². The summed E-state index contributed by atoms with van der Waals surface area (Å²) in [5, 5.41) is 7.27. The average Bonchev–Trinajstić information content (AvgIpc) is 2.66. The van der Waals surface area contributed by atoms with E-state index in [9.17, 15) is 0 Å². The summed E-state index contributed by atoms with van der Waals surface area (Å²) in [6.45, 7) is 0. The standard InChI is InChI=1S/C10H11N3S3/c11-9(12)14-5-6-15-10-13-7-3-1-2-4-8(7)16-10/h1-4H,5-6H2,(H3,11,12). The molecule has 0 radical (unpaired) electrons. The van der Waals surface area contributed by atoms with Gasteiger partial charge >= 0.3 is 0 Å². The predicted molar refractivity (Wildman–Crippen MR) is 74.7 cm³/mol. The van der Waals surface area contributed by atoms with Crippen LogP contribution in [-0.4, -0.2) is 21.7 Å². The second-order valence-electron chi connectivity index (χ2n) is 3.01. The summed E-state index contributed by atoms with van der Waals surface area (Å²) in [7, 11) is 0. The van der Waals surface area contributed by atoms with Gasteiger partial charge in [-0.15, -0.1) is 11.3 Å². The van der Waals surface area contributed by atoms with Gasteiger partial charge in [-0.05, 0) is 12.1 Å². The maximum Gasteiger partial charge on any atom is 0.151 e. The zero-order valence-corrected chi connectivity index (χ0v) is 10.9. The summed E-state index contributed by atoms with van der Waals surface area (Å²) >= 11 is 4.81. The van der Waals surface area contributed by atoms with Crippen molar-refractivity contribution in [3.63, 3.8) is 0 Å². The second-order valence-corrected chi connectivity index (χ2v) is 6.52. The Kier molecular flexibility index (Phi) is 4.09. The van der Waals surface area contributed by atoms with Crippen molar-refractivity contribution < 1.29 is 0 Å². The molecule has 0 spiro atoms. The number of hydrogen-bond acceptors (Lipinski definition) is 5. The number of nitrogens with two attached hydrogens (primary N) is 1. The molecule has 0 aliphatic rings. The molecule has 1 aromatic heterocycles. The third-order valence-electron chi connectivity index (χ3n) is 1.84. The number of aromatic nitrogens is 1. The zero-order valence-electron chi connectivity index (χ0n) is 8.47. The fourth-order valence-corrected chi connectivity index (χ4v) is 3.87. The highest BCUT2D eigenvalue weighted by Gasteiger charge is 2.03. The van der Waals surface area contributed by atoms with E-state index in [0.717, 1.165) is 21.4 Å². The maximum atomic E-state index is 7.08. The fourth-order valence-electron chi connectivity index (χ4n) is 1.19. The second kappa shape index (κ2) is 5.56. The van der Waals surface area contributed by atoms with Gasteiger partial charge < -0.3 is 5.73 Å². The summed E-state index contributed by atoms with van der Waals surface area (Å²) in [5.74, 6) is 1.79. The first-order valence-electron chi connectivity index (χ1n) is 4.71. The van der Waals surface area contributed by atoms with E-state index in [1.165, 1.54) is 16.5 Å². The Balaban J connectivity index is 1.92. The van der Waals surface area contributed by atoms with Gasteiger partial charge in [0.25, 0.3) is 0 Å². The van der Waals surface area contributed by atoms with Gasteiger partial charge in [0, 0.05) is 11.5 Å². The summed E-state index contributed by atoms with van der Waals surface area (Å²) in [6.07, 6.45) is 0. The molecule has 0 atom stereocenters. The molecule has 1 aromatic carbocycles. The normalized spacial score (nSPS) is 10.8. The van der Waals surface area contributed by atoms with Crippen molar-refractivity contribution in [1.82, 2.24) is 4.98 Å². The van der Waals surface area contributed by atoms with E-state index < -0.39 is 0 Å². The molecular weight excluding hydrogens is 258 g/mol. The first kappa shape index (κ1) is 11.8. The molecule has 6 heteroatoms. The average molecular weight is 269 g/mol. The molecule has 0 aliphatic carbocycles. The first-order valence-corrected chi connectivity index (χ1v) is 7.49. The molecule has 0 bridgehead atoms. The maximum absolute atomic E-state index is 7.08. The molecule has 1 heterocycles. The largest absolute Gasteiger partial charge is 0.379 e. The van der Waals surface area contributed by atoms with E-state index in [4.69, 9.17) is 11.1 Å². The monoisotopic (exact) mass is 269 g/mol. The Bertz CT molecular complexity index is 462. The van der Waals surface area contributed by atoms with E-state index in [1.54, 1.807) is 23.1 Å². The van der Waals surface area contributed by atoms with Crippen molar-refractivity contribution in [2.45, 2.75) is 4.34 Å². The Labute approximate surface area is 106 Å². The van der Waals surface area contributed by atoms with E-state index in [0.29, 0.717) is 0 Å². The molecule has 0 saturated heterocycles. The van der Waals surface area contributed by atoms with Crippen molar-refractivity contribution >= 4 is 50.2 Å². The van der Waals surface area contributed by atoms with Gasteiger partial charge in [0.2, 0.25) is 0 Å². The van der Waals surface area contributed by atoms with Gasteiger partial charge in [0.15, 0.2) is 9.51 Å². The Morgan fingerprint density at radius 1 is 1.38 bits per heavy atom. The van der Waals surface area contributed by atoms with Crippen LogP contribution in [0.3, 0.4) is 0 Å². The first-order chi connectivity index (χ1) is 7.75. The van der Waals surface area contributed by atoms with Crippen LogP contribution in [-0.2, 0) is 0 Å². The van der Waals surface area contributed by atoms with Gasteiger partial charge in [-0.2, -0.15) is 0 Å². The molecule has 2 rings (SSSR count). The lowest BCUT2D eigenvalue weighted by Gasteiger charge is -1.96. The molecule has 84 valence electrons. The molecule has 0 saturated carbocycles. The molecule has 2 aromatic rings. The summed E-state index contributed by atoms with van der Waals surface area (Å²) < 4.78 is 2.31. The van der Waals surface area contributed by atoms with Gasteiger partial charge in [-0.25, -0.2) is 4.98 Å². The number of nitrogens with zero attached hydrogens (tertiary/aromatic N) is 1. The number of amidine groups is 1. The van der Waals surface area contributed by atoms with Crippen LogP contribution < -0.4 is 5.73 Å². The summed E-state index contributed by atoms with van der Waals surface area (Å²) in [4.78, 5) is 4.52. The van der Waals surface area contributed by atoms with Gasteiger partial charge in [0.1, 0.15) is 0 Å². The number of para-hydroxylation sites is 1. The third kappa shape index (κ3) is 3.13. The Morgan fingerprint density at radius 2 is 2.19 bits per heavy atom. The van der Waals surface area contributed by atoms with Crippen LogP contribution >= 0.6 is 34.9 Å². The number of thioether (sulfide) groups is 2. The minimum Gasteiger partial charge on any atom is -0.379 e. The van der Waals surface area contributed by atoms with Crippen molar-refractivity contribution in [2.75, 3.05) is 11.5 Å². The zero-order chi connectivity index (χ0) is 11.4. The van der Waals surface area contributed by atoms with Crippen LogP contribution in [0, 0.1) is 5.41 Å². The highest BCUT2D eigenvalue weighted by atomic mass is 32.2. The lowest BCUT2D eigenvalue weighted by atomic mass is 10.3. The smallest absolute Gasteiger partial charge is 0.151 e. The molecule has 3 nitrogen and oxygen atoms in total. The molecular formula is C10H11N3S3. The summed E-state index contributed by atoms with van der Waals surface area (Å²) in [5.41, 5.74) is 6.32. The molecule has 3 N–H and O–H groups in total. The number of nitrogens with one attached hydrogen (secondary N) is 1. The van der Waals surface area contributed by atoms with Gasteiger partial charge in [-0.3, -0.25) is 5.41 Å². The third-order valence-corrected chi connectivity index (χ3v) is 5.00. The number of benzene rings is 1. The Hall–Kier alpha value is -0.720. The molecule has 0 amide bonds.